The smallest absolute Gasteiger partial charge is 0.238 e. The van der Waals surface area contributed by atoms with Crippen molar-refractivity contribution in [2.75, 3.05) is 12.4 Å². The Morgan fingerprint density at radius 2 is 1.79 bits per heavy atom. The van der Waals surface area contributed by atoms with Crippen molar-refractivity contribution in [2.45, 2.75) is 18.2 Å². The lowest BCUT2D eigenvalue weighted by Gasteiger charge is -2.32. The number of amidine groups is 1. The Hall–Kier alpha value is -3.36. The summed E-state index contributed by atoms with van der Waals surface area (Å²) in [7, 11) is 1.59. The number of halogens is 2. The van der Waals surface area contributed by atoms with Gasteiger partial charge in [-0.15, -0.1) is 0 Å². The summed E-state index contributed by atoms with van der Waals surface area (Å²) in [6.07, 6.45) is 0.0165. The molecule has 1 saturated heterocycles. The largest absolute Gasteiger partial charge is 0.497 e. The highest BCUT2D eigenvalue weighted by Crippen LogP contribution is 2.31. The van der Waals surface area contributed by atoms with Crippen LogP contribution in [0.5, 0.6) is 5.75 Å². The first-order chi connectivity index (χ1) is 16.4. The number of hydrogen-bond acceptors (Lipinski definition) is 5. The molecule has 0 aromatic heterocycles. The molecule has 0 aliphatic carbocycles. The Morgan fingerprint density at radius 3 is 2.44 bits per heavy atom. The number of ether oxygens (including phenoxy) is 1. The molecule has 0 spiro atoms. The number of methoxy groups -OCH3 is 1. The van der Waals surface area contributed by atoms with Gasteiger partial charge in [0, 0.05) is 17.1 Å². The number of nitrogens with one attached hydrogen (secondary N) is 1. The first kappa shape index (κ1) is 23.8. The van der Waals surface area contributed by atoms with Gasteiger partial charge < -0.3 is 10.1 Å². The molecule has 34 heavy (non-hydrogen) atoms. The standard InChI is InChI=1S/C25H21ClFN3O3S/c1-33-21-12-2-16(3-13-21)15-30-23(31)14-22(24(32)28-19-8-4-17(26)5-9-19)34-25(30)29-20-10-6-18(27)7-11-20/h2-13,22H,14-15H2,1H3,(H,28,32)/t22-/m0/s1. The molecule has 6 nitrogen and oxygen atoms in total. The zero-order valence-electron chi connectivity index (χ0n) is 18.2. The van der Waals surface area contributed by atoms with Gasteiger partial charge >= 0.3 is 0 Å². The number of thioether (sulfide) groups is 1. The van der Waals surface area contributed by atoms with E-state index in [1.807, 2.05) is 24.3 Å². The van der Waals surface area contributed by atoms with Crippen LogP contribution >= 0.6 is 23.4 Å². The van der Waals surface area contributed by atoms with Crippen molar-refractivity contribution in [3.63, 3.8) is 0 Å². The fraction of sp³-hybridized carbons (Fsp3) is 0.160. The van der Waals surface area contributed by atoms with Crippen LogP contribution in [0.1, 0.15) is 12.0 Å². The lowest BCUT2D eigenvalue weighted by molar-refractivity contribution is -0.129. The summed E-state index contributed by atoms with van der Waals surface area (Å²) in [6, 6.07) is 19.7. The van der Waals surface area contributed by atoms with Gasteiger partial charge in [0.2, 0.25) is 11.8 Å². The van der Waals surface area contributed by atoms with Gasteiger partial charge in [0.05, 0.1) is 19.3 Å². The van der Waals surface area contributed by atoms with E-state index in [9.17, 15) is 14.0 Å². The third kappa shape index (κ3) is 5.95. The molecule has 3 aromatic carbocycles. The SMILES string of the molecule is COc1ccc(CN2C(=O)C[C@@H](C(=O)Nc3ccc(Cl)cc3)SC2=Nc2ccc(F)cc2)cc1. The average molecular weight is 498 g/mol. The molecular weight excluding hydrogens is 477 g/mol. The molecule has 0 radical (unpaired) electrons. The van der Waals surface area contributed by atoms with E-state index in [1.54, 1.807) is 36.3 Å². The number of hydrogen-bond donors (Lipinski definition) is 1. The first-order valence-corrected chi connectivity index (χ1v) is 11.7. The predicted octanol–water partition coefficient (Wildman–Crippen LogP) is 5.65. The van der Waals surface area contributed by atoms with Crippen LogP contribution in [0.3, 0.4) is 0 Å². The number of carbonyl (C=O) groups is 2. The maximum Gasteiger partial charge on any atom is 0.238 e. The van der Waals surface area contributed by atoms with Crippen LogP contribution < -0.4 is 10.1 Å². The van der Waals surface area contributed by atoms with Gasteiger partial charge in [-0.3, -0.25) is 14.5 Å². The maximum absolute atomic E-state index is 13.4. The summed E-state index contributed by atoms with van der Waals surface area (Å²) in [5.41, 5.74) is 1.95. The van der Waals surface area contributed by atoms with Gasteiger partial charge in [-0.2, -0.15) is 0 Å². The minimum atomic E-state index is -0.672. The monoisotopic (exact) mass is 497 g/mol. The lowest BCUT2D eigenvalue weighted by Crippen LogP contribution is -2.44. The second-order valence-electron chi connectivity index (χ2n) is 7.51. The fourth-order valence-corrected chi connectivity index (χ4v) is 4.52. The molecule has 1 aliphatic heterocycles. The lowest BCUT2D eigenvalue weighted by atomic mass is 10.2. The summed E-state index contributed by atoms with van der Waals surface area (Å²) in [5.74, 6) is -0.211. The van der Waals surface area contributed by atoms with Crippen LogP contribution in [-0.4, -0.2) is 34.2 Å². The molecule has 1 aliphatic rings. The number of anilines is 1. The summed E-state index contributed by atoms with van der Waals surface area (Å²) < 4.78 is 18.6. The number of amides is 2. The summed E-state index contributed by atoms with van der Waals surface area (Å²) >= 11 is 7.11. The molecule has 0 saturated carbocycles. The van der Waals surface area contributed by atoms with Crippen molar-refractivity contribution < 1.29 is 18.7 Å². The Morgan fingerprint density at radius 1 is 1.12 bits per heavy atom. The Labute approximate surface area is 205 Å². The van der Waals surface area contributed by atoms with Gasteiger partial charge in [0.15, 0.2) is 5.17 Å². The number of benzene rings is 3. The highest BCUT2D eigenvalue weighted by molar-refractivity contribution is 8.15. The Balaban J connectivity index is 1.58. The van der Waals surface area contributed by atoms with E-state index in [1.165, 1.54) is 36.0 Å². The minimum Gasteiger partial charge on any atom is -0.497 e. The molecule has 1 atom stereocenters. The normalized spacial score (nSPS) is 17.0. The third-order valence-electron chi connectivity index (χ3n) is 5.09. The zero-order chi connectivity index (χ0) is 24.1. The van der Waals surface area contributed by atoms with Gasteiger partial charge in [0.1, 0.15) is 16.8 Å². The third-order valence-corrected chi connectivity index (χ3v) is 6.53. The highest BCUT2D eigenvalue weighted by Gasteiger charge is 2.36. The quantitative estimate of drug-likeness (QED) is 0.478. The molecule has 1 fully saturated rings. The second kappa shape index (κ2) is 10.7. The Bertz CT molecular complexity index is 1200. The number of nitrogens with zero attached hydrogens (tertiary/aromatic N) is 2. The van der Waals surface area contributed by atoms with Crippen LogP contribution in [0, 0.1) is 5.82 Å². The average Bonchev–Trinajstić information content (AvgIpc) is 2.84. The molecule has 1 N–H and O–H groups in total. The van der Waals surface area contributed by atoms with Crippen molar-refractivity contribution in [3.05, 3.63) is 89.2 Å². The first-order valence-electron chi connectivity index (χ1n) is 10.4. The van der Waals surface area contributed by atoms with E-state index >= 15 is 0 Å². The van der Waals surface area contributed by atoms with Crippen LogP contribution in [0.25, 0.3) is 0 Å². The minimum absolute atomic E-state index is 0.0165. The molecule has 1 heterocycles. The van der Waals surface area contributed by atoms with Crippen LogP contribution in [0.15, 0.2) is 77.8 Å². The van der Waals surface area contributed by atoms with E-state index in [0.717, 1.165) is 5.56 Å². The Kier molecular flexibility index (Phi) is 7.49. The number of rotatable bonds is 6. The van der Waals surface area contributed by atoms with E-state index < -0.39 is 5.25 Å². The molecule has 3 aromatic rings. The molecule has 0 bridgehead atoms. The molecule has 9 heteroatoms. The van der Waals surface area contributed by atoms with E-state index in [-0.39, 0.29) is 30.6 Å². The predicted molar refractivity (Wildman–Crippen MR) is 133 cm³/mol. The molecule has 174 valence electrons. The van der Waals surface area contributed by atoms with E-state index in [0.29, 0.717) is 27.3 Å². The fourth-order valence-electron chi connectivity index (χ4n) is 3.29. The zero-order valence-corrected chi connectivity index (χ0v) is 19.8. The number of aliphatic imine (C=N–C) groups is 1. The summed E-state index contributed by atoms with van der Waals surface area (Å²) in [5, 5.41) is 3.08. The van der Waals surface area contributed by atoms with Crippen LogP contribution in [-0.2, 0) is 16.1 Å². The van der Waals surface area contributed by atoms with E-state index in [2.05, 4.69) is 10.3 Å². The van der Waals surface area contributed by atoms with Crippen molar-refractivity contribution in [3.8, 4) is 5.75 Å². The summed E-state index contributed by atoms with van der Waals surface area (Å²) in [4.78, 5) is 32.2. The van der Waals surface area contributed by atoms with Crippen molar-refractivity contribution in [1.82, 2.24) is 4.90 Å². The van der Waals surface area contributed by atoms with Gasteiger partial charge in [-0.05, 0) is 66.2 Å². The van der Waals surface area contributed by atoms with Crippen LogP contribution in [0.4, 0.5) is 15.8 Å². The van der Waals surface area contributed by atoms with Crippen LogP contribution in [0.2, 0.25) is 5.02 Å². The second-order valence-corrected chi connectivity index (χ2v) is 9.11. The molecule has 0 unspecified atom stereocenters. The van der Waals surface area contributed by atoms with E-state index in [4.69, 9.17) is 16.3 Å². The van der Waals surface area contributed by atoms with Crippen molar-refractivity contribution in [1.29, 1.82) is 0 Å². The molecule has 4 rings (SSSR count). The van der Waals surface area contributed by atoms with Gasteiger partial charge in [-0.25, -0.2) is 9.38 Å². The van der Waals surface area contributed by atoms with Gasteiger partial charge in [-0.1, -0.05) is 35.5 Å². The van der Waals surface area contributed by atoms with Crippen molar-refractivity contribution >= 4 is 51.7 Å². The maximum atomic E-state index is 13.4. The number of carbonyl (C=O) groups excluding carboxylic acids is 2. The van der Waals surface area contributed by atoms with Gasteiger partial charge in [0.25, 0.3) is 0 Å². The molecular formula is C25H21ClFN3O3S. The topological polar surface area (TPSA) is 71.0 Å². The summed E-state index contributed by atoms with van der Waals surface area (Å²) in [6.45, 7) is 0.279. The molecule has 2 amide bonds. The highest BCUT2D eigenvalue weighted by atomic mass is 35.5. The van der Waals surface area contributed by atoms with Crippen molar-refractivity contribution in [2.24, 2.45) is 4.99 Å².